The van der Waals surface area contributed by atoms with Gasteiger partial charge in [0.05, 0.1) is 28.7 Å². The minimum Gasteiger partial charge on any atom is -0.355 e. The van der Waals surface area contributed by atoms with Gasteiger partial charge in [0.1, 0.15) is 5.82 Å². The molecule has 6 nitrogen and oxygen atoms in total. The highest BCUT2D eigenvalue weighted by Gasteiger charge is 2.19. The molecule has 3 N–H and O–H groups in total. The van der Waals surface area contributed by atoms with Crippen molar-refractivity contribution in [2.24, 2.45) is 5.73 Å². The molecule has 0 radical (unpaired) electrons. The van der Waals surface area contributed by atoms with Gasteiger partial charge in [-0.15, -0.1) is 0 Å². The van der Waals surface area contributed by atoms with Gasteiger partial charge in [-0.1, -0.05) is 36.2 Å². The second kappa shape index (κ2) is 10.7. The lowest BCUT2D eigenvalue weighted by Gasteiger charge is -2.31. The third kappa shape index (κ3) is 5.28. The molecule has 1 unspecified atom stereocenters. The second-order valence-corrected chi connectivity index (χ2v) is 10.3. The smallest absolute Gasteiger partial charge is 0.166 e. The Morgan fingerprint density at radius 3 is 2.54 bits per heavy atom. The van der Waals surface area contributed by atoms with E-state index in [0.717, 1.165) is 65.0 Å². The Kier molecular flexibility index (Phi) is 7.33. The number of nitrogens with zero attached hydrogens (tertiary/aromatic N) is 3. The van der Waals surface area contributed by atoms with Crippen LogP contribution >= 0.6 is 23.2 Å². The number of aromatic nitrogens is 2. The lowest BCUT2D eigenvalue weighted by atomic mass is 9.99. The largest absolute Gasteiger partial charge is 0.355 e. The van der Waals surface area contributed by atoms with E-state index < -0.39 is 0 Å². The van der Waals surface area contributed by atoms with Crippen molar-refractivity contribution >= 4 is 57.1 Å². The van der Waals surface area contributed by atoms with Crippen LogP contribution in [0.25, 0.3) is 22.0 Å². The summed E-state index contributed by atoms with van der Waals surface area (Å²) < 4.78 is 0. The van der Waals surface area contributed by atoms with Gasteiger partial charge >= 0.3 is 0 Å². The van der Waals surface area contributed by atoms with Crippen molar-refractivity contribution < 1.29 is 4.79 Å². The van der Waals surface area contributed by atoms with Crippen molar-refractivity contribution in [3.8, 4) is 11.1 Å². The van der Waals surface area contributed by atoms with Crippen molar-refractivity contribution in [1.29, 1.82) is 0 Å². The monoisotopic (exact) mass is 533 g/mol. The van der Waals surface area contributed by atoms with E-state index in [1.165, 1.54) is 0 Å². The quantitative estimate of drug-likeness (QED) is 0.255. The van der Waals surface area contributed by atoms with Crippen LogP contribution < -0.4 is 16.0 Å². The van der Waals surface area contributed by atoms with E-state index >= 15 is 0 Å². The minimum atomic E-state index is 0.00983. The van der Waals surface area contributed by atoms with Gasteiger partial charge in [0.25, 0.3) is 0 Å². The van der Waals surface area contributed by atoms with Crippen LogP contribution in [-0.4, -0.2) is 34.9 Å². The van der Waals surface area contributed by atoms with E-state index in [2.05, 4.69) is 20.2 Å². The summed E-state index contributed by atoms with van der Waals surface area (Å²) in [5, 5.41) is 5.50. The molecule has 3 heterocycles. The molecular formula is C29H29Cl2N5O. The molecule has 0 amide bonds. The van der Waals surface area contributed by atoms with Gasteiger partial charge in [-0.05, 0) is 72.9 Å². The zero-order valence-corrected chi connectivity index (χ0v) is 22.4. The number of nitrogens with two attached hydrogens (primary N) is 1. The second-order valence-electron chi connectivity index (χ2n) is 9.50. The molecular weight excluding hydrogens is 505 g/mol. The molecule has 4 aromatic rings. The number of pyridine rings is 2. The Hall–Kier alpha value is -3.19. The lowest BCUT2D eigenvalue weighted by Crippen LogP contribution is -2.43. The number of anilines is 3. The van der Waals surface area contributed by atoms with Crippen LogP contribution in [0.15, 0.2) is 54.9 Å². The Morgan fingerprint density at radius 1 is 1.08 bits per heavy atom. The highest BCUT2D eigenvalue weighted by molar-refractivity contribution is 6.36. The summed E-state index contributed by atoms with van der Waals surface area (Å²) >= 11 is 12.8. The number of nitrogens with one attached hydrogen (secondary N) is 1. The van der Waals surface area contributed by atoms with E-state index in [4.69, 9.17) is 28.9 Å². The summed E-state index contributed by atoms with van der Waals surface area (Å²) in [7, 11) is 0. The molecule has 2 aromatic carbocycles. The maximum atomic E-state index is 12.9. The summed E-state index contributed by atoms with van der Waals surface area (Å²) in [6.07, 6.45) is 5.92. The number of hydrogen-bond donors (Lipinski definition) is 2. The summed E-state index contributed by atoms with van der Waals surface area (Å²) in [6, 6.07) is 13.9. The number of piperidine rings is 1. The van der Waals surface area contributed by atoms with Gasteiger partial charge in [0, 0.05) is 47.2 Å². The molecule has 37 heavy (non-hydrogen) atoms. The summed E-state index contributed by atoms with van der Waals surface area (Å²) in [6.45, 7) is 5.50. The summed E-state index contributed by atoms with van der Waals surface area (Å²) in [4.78, 5) is 24.4. The molecule has 0 saturated carbocycles. The number of carbonyl (C=O) groups excluding carboxylic acids is 1. The molecule has 1 aliphatic heterocycles. The van der Waals surface area contributed by atoms with Crippen LogP contribution in [0.1, 0.15) is 42.1 Å². The molecule has 5 rings (SSSR count). The standard InChI is InChI=1S/C29H29Cl2N5O/c1-3-27(37)23-15-33-26-8-6-18(19-12-24(30)17(2)25(31)13-19)11-22(26)29(23)35-21-7-9-28(34-14-21)36-10-4-5-20(32)16-36/h6-9,11-15,20H,3-5,10,16,32H2,1-2H3,(H,33,35). The van der Waals surface area contributed by atoms with Crippen LogP contribution in [0.3, 0.4) is 0 Å². The zero-order valence-electron chi connectivity index (χ0n) is 20.9. The van der Waals surface area contributed by atoms with E-state index in [-0.39, 0.29) is 11.8 Å². The van der Waals surface area contributed by atoms with Crippen LogP contribution in [0, 0.1) is 6.92 Å². The van der Waals surface area contributed by atoms with Crippen molar-refractivity contribution in [3.63, 3.8) is 0 Å². The van der Waals surface area contributed by atoms with Gasteiger partial charge in [-0.2, -0.15) is 0 Å². The average Bonchev–Trinajstić information content (AvgIpc) is 2.91. The lowest BCUT2D eigenvalue weighted by molar-refractivity contribution is 0.0989. The molecule has 0 spiro atoms. The van der Waals surface area contributed by atoms with E-state index in [1.807, 2.05) is 56.3 Å². The van der Waals surface area contributed by atoms with Crippen LogP contribution in [-0.2, 0) is 0 Å². The molecule has 1 atom stereocenters. The third-order valence-corrected chi connectivity index (χ3v) is 7.69. The first kappa shape index (κ1) is 25.5. The normalized spacial score (nSPS) is 15.7. The fourth-order valence-electron chi connectivity index (χ4n) is 4.73. The van der Waals surface area contributed by atoms with Crippen molar-refractivity contribution in [3.05, 3.63) is 76.0 Å². The first-order valence-electron chi connectivity index (χ1n) is 12.5. The number of ketones is 1. The van der Waals surface area contributed by atoms with Gasteiger partial charge in [-0.3, -0.25) is 9.78 Å². The van der Waals surface area contributed by atoms with Crippen molar-refractivity contribution in [2.75, 3.05) is 23.3 Å². The van der Waals surface area contributed by atoms with E-state index in [0.29, 0.717) is 27.7 Å². The number of hydrogen-bond acceptors (Lipinski definition) is 6. The molecule has 1 aliphatic rings. The van der Waals surface area contributed by atoms with Gasteiger partial charge in [0.15, 0.2) is 5.78 Å². The van der Waals surface area contributed by atoms with E-state index in [1.54, 1.807) is 12.4 Å². The first-order chi connectivity index (χ1) is 17.8. The van der Waals surface area contributed by atoms with Crippen LogP contribution in [0.4, 0.5) is 17.2 Å². The first-order valence-corrected chi connectivity index (χ1v) is 13.2. The van der Waals surface area contributed by atoms with Crippen LogP contribution in [0.5, 0.6) is 0 Å². The summed E-state index contributed by atoms with van der Waals surface area (Å²) in [5.41, 5.74) is 11.6. The Balaban J connectivity index is 1.55. The Bertz CT molecular complexity index is 1450. The zero-order chi connectivity index (χ0) is 26.1. The molecule has 0 bridgehead atoms. The third-order valence-electron chi connectivity index (χ3n) is 6.90. The fourth-order valence-corrected chi connectivity index (χ4v) is 5.22. The molecule has 0 aliphatic carbocycles. The maximum absolute atomic E-state index is 12.9. The summed E-state index contributed by atoms with van der Waals surface area (Å²) in [5.74, 6) is 0.913. The molecule has 8 heteroatoms. The van der Waals surface area contributed by atoms with Gasteiger partial charge in [0.2, 0.25) is 0 Å². The van der Waals surface area contributed by atoms with Crippen molar-refractivity contribution in [2.45, 2.75) is 39.2 Å². The highest BCUT2D eigenvalue weighted by Crippen LogP contribution is 2.36. The highest BCUT2D eigenvalue weighted by atomic mass is 35.5. The number of rotatable bonds is 6. The average molecular weight is 534 g/mol. The fraction of sp³-hybridized carbons (Fsp3) is 0.276. The SMILES string of the molecule is CCC(=O)c1cnc2ccc(-c3cc(Cl)c(C)c(Cl)c3)cc2c1Nc1ccc(N2CCCC(N)C2)nc1. The van der Waals surface area contributed by atoms with Crippen LogP contribution in [0.2, 0.25) is 10.0 Å². The molecule has 190 valence electrons. The molecule has 1 fully saturated rings. The number of benzene rings is 2. The Morgan fingerprint density at radius 2 is 1.86 bits per heavy atom. The topological polar surface area (TPSA) is 84.1 Å². The number of Topliss-reactive ketones (excluding diaryl/α,β-unsaturated/α-hetero) is 1. The maximum Gasteiger partial charge on any atom is 0.166 e. The Labute approximate surface area is 226 Å². The minimum absolute atomic E-state index is 0.00983. The predicted molar refractivity (Wildman–Crippen MR) is 153 cm³/mol. The number of carbonyl (C=O) groups is 1. The molecule has 2 aromatic heterocycles. The van der Waals surface area contributed by atoms with E-state index in [9.17, 15) is 4.79 Å². The van der Waals surface area contributed by atoms with Gasteiger partial charge < -0.3 is 16.0 Å². The van der Waals surface area contributed by atoms with Crippen molar-refractivity contribution in [1.82, 2.24) is 9.97 Å². The number of fused-ring (bicyclic) bond motifs is 1. The van der Waals surface area contributed by atoms with Gasteiger partial charge in [-0.25, -0.2) is 4.98 Å². The number of halogens is 2. The predicted octanol–water partition coefficient (Wildman–Crippen LogP) is 7.18. The molecule has 1 saturated heterocycles.